The Hall–Kier alpha value is -0.890. The number of aliphatic hydroxyl groups is 1. The molecule has 21 heavy (non-hydrogen) atoms. The molecule has 0 saturated heterocycles. The highest BCUT2D eigenvalue weighted by Crippen LogP contribution is 2.33. The molecule has 0 spiro atoms. The molecule has 0 unspecified atom stereocenters. The summed E-state index contributed by atoms with van der Waals surface area (Å²) in [7, 11) is 0. The molecule has 0 amide bonds. The number of unbranched alkanes of at least 4 members (excludes halogenated alkanes) is 6. The van der Waals surface area contributed by atoms with Crippen LogP contribution in [0.5, 0.6) is 0 Å². The van der Waals surface area contributed by atoms with Crippen molar-refractivity contribution in [1.82, 2.24) is 0 Å². The molecule has 1 N–H and O–H groups in total. The average Bonchev–Trinajstić information content (AvgIpc) is 2.73. The van der Waals surface area contributed by atoms with Crippen LogP contribution in [0.25, 0.3) is 0 Å². The van der Waals surface area contributed by atoms with Crippen LogP contribution in [-0.4, -0.2) is 17.0 Å². The van der Waals surface area contributed by atoms with Gasteiger partial charge in [-0.05, 0) is 26.2 Å². The zero-order valence-electron chi connectivity index (χ0n) is 13.8. The Balaban J connectivity index is 2.30. The third-order valence-corrected chi connectivity index (χ3v) is 4.44. The van der Waals surface area contributed by atoms with Crippen LogP contribution < -0.4 is 0 Å². The molecule has 120 valence electrons. The number of Topliss-reactive ketones (excluding diaryl/α,β-unsaturated/α-hetero) is 1. The molecule has 1 rings (SSSR count). The standard InChI is InChI=1S/C19H32O2/c1-3-5-7-8-9-10-11-12-14-17-16(13-6-4-2)18(20)15-19(17)21/h4,6,12,14,16-17,19,21H,3,5,7-11,13,15H2,1-2H3/b6-4-,14-12+/t16-,17-,19-/m1/s1. The van der Waals surface area contributed by atoms with Crippen molar-refractivity contribution in [2.24, 2.45) is 11.8 Å². The molecule has 0 aromatic heterocycles. The topological polar surface area (TPSA) is 37.3 Å². The van der Waals surface area contributed by atoms with Crippen molar-refractivity contribution in [1.29, 1.82) is 0 Å². The fourth-order valence-electron chi connectivity index (χ4n) is 3.11. The molecule has 1 saturated carbocycles. The average molecular weight is 292 g/mol. The molecule has 0 aromatic rings. The maximum Gasteiger partial charge on any atom is 0.139 e. The summed E-state index contributed by atoms with van der Waals surface area (Å²) in [6.07, 6.45) is 17.8. The maximum atomic E-state index is 11.9. The summed E-state index contributed by atoms with van der Waals surface area (Å²) in [4.78, 5) is 11.9. The van der Waals surface area contributed by atoms with Crippen molar-refractivity contribution < 1.29 is 9.90 Å². The lowest BCUT2D eigenvalue weighted by Gasteiger charge is -2.15. The lowest BCUT2D eigenvalue weighted by atomic mass is 9.90. The van der Waals surface area contributed by atoms with E-state index < -0.39 is 6.10 Å². The number of aliphatic hydroxyl groups excluding tert-OH is 1. The Morgan fingerprint density at radius 3 is 2.57 bits per heavy atom. The van der Waals surface area contributed by atoms with Gasteiger partial charge in [0.1, 0.15) is 5.78 Å². The van der Waals surface area contributed by atoms with E-state index in [2.05, 4.69) is 19.1 Å². The van der Waals surface area contributed by atoms with Gasteiger partial charge in [-0.15, -0.1) is 0 Å². The molecule has 2 nitrogen and oxygen atoms in total. The van der Waals surface area contributed by atoms with Crippen LogP contribution in [0.2, 0.25) is 0 Å². The summed E-state index contributed by atoms with van der Waals surface area (Å²) in [5.41, 5.74) is 0. The highest BCUT2D eigenvalue weighted by Gasteiger charge is 2.38. The van der Waals surface area contributed by atoms with Crippen molar-refractivity contribution in [3.63, 3.8) is 0 Å². The minimum absolute atomic E-state index is 0.0167. The van der Waals surface area contributed by atoms with Crippen molar-refractivity contribution in [3.8, 4) is 0 Å². The smallest absolute Gasteiger partial charge is 0.139 e. The van der Waals surface area contributed by atoms with E-state index in [1.165, 1.54) is 38.5 Å². The van der Waals surface area contributed by atoms with Gasteiger partial charge in [0.2, 0.25) is 0 Å². The molecular weight excluding hydrogens is 260 g/mol. The Morgan fingerprint density at radius 1 is 1.14 bits per heavy atom. The van der Waals surface area contributed by atoms with Crippen LogP contribution in [0.3, 0.4) is 0 Å². The van der Waals surface area contributed by atoms with E-state index >= 15 is 0 Å². The maximum absolute atomic E-state index is 11.9. The summed E-state index contributed by atoms with van der Waals surface area (Å²) in [6.45, 7) is 4.21. The van der Waals surface area contributed by atoms with Gasteiger partial charge in [0, 0.05) is 18.3 Å². The number of ketones is 1. The number of carbonyl (C=O) groups excluding carboxylic acids is 1. The molecule has 0 aromatic carbocycles. The van der Waals surface area contributed by atoms with Crippen LogP contribution in [0.4, 0.5) is 0 Å². The Morgan fingerprint density at radius 2 is 1.86 bits per heavy atom. The SMILES string of the molecule is C/C=C\C[C@H]1C(=O)C[C@@H](O)[C@@H]1/C=C/CCCCCCCC. The zero-order chi connectivity index (χ0) is 15.5. The van der Waals surface area contributed by atoms with E-state index in [9.17, 15) is 9.90 Å². The lowest BCUT2D eigenvalue weighted by Crippen LogP contribution is -2.17. The second-order valence-electron chi connectivity index (χ2n) is 6.21. The van der Waals surface area contributed by atoms with E-state index in [-0.39, 0.29) is 17.6 Å². The van der Waals surface area contributed by atoms with Crippen LogP contribution in [0, 0.1) is 11.8 Å². The van der Waals surface area contributed by atoms with E-state index in [1.807, 2.05) is 19.1 Å². The summed E-state index contributed by atoms with van der Waals surface area (Å²) in [5.74, 6) is 0.223. The van der Waals surface area contributed by atoms with Crippen molar-refractivity contribution in [2.45, 2.75) is 77.7 Å². The molecule has 0 radical (unpaired) electrons. The quantitative estimate of drug-likeness (QED) is 0.463. The number of carbonyl (C=O) groups is 1. The fourth-order valence-corrected chi connectivity index (χ4v) is 3.11. The number of rotatable bonds is 10. The summed E-state index contributed by atoms with van der Waals surface area (Å²) < 4.78 is 0. The van der Waals surface area contributed by atoms with Gasteiger partial charge in [-0.1, -0.05) is 63.3 Å². The van der Waals surface area contributed by atoms with Gasteiger partial charge >= 0.3 is 0 Å². The van der Waals surface area contributed by atoms with Crippen LogP contribution >= 0.6 is 0 Å². The van der Waals surface area contributed by atoms with Crippen molar-refractivity contribution in [3.05, 3.63) is 24.3 Å². The first kappa shape index (κ1) is 18.2. The van der Waals surface area contributed by atoms with Gasteiger partial charge in [-0.25, -0.2) is 0 Å². The molecule has 0 aliphatic heterocycles. The number of hydrogen-bond acceptors (Lipinski definition) is 2. The first-order chi connectivity index (χ1) is 10.2. The van der Waals surface area contributed by atoms with Gasteiger partial charge in [0.25, 0.3) is 0 Å². The molecule has 0 heterocycles. The molecule has 3 atom stereocenters. The molecule has 1 aliphatic carbocycles. The monoisotopic (exact) mass is 292 g/mol. The normalized spacial score (nSPS) is 26.4. The van der Waals surface area contributed by atoms with Crippen molar-refractivity contribution >= 4 is 5.78 Å². The zero-order valence-corrected chi connectivity index (χ0v) is 13.8. The van der Waals surface area contributed by atoms with Gasteiger partial charge in [-0.2, -0.15) is 0 Å². The molecule has 1 fully saturated rings. The van der Waals surface area contributed by atoms with Gasteiger partial charge in [0.05, 0.1) is 6.10 Å². The third kappa shape index (κ3) is 6.60. The largest absolute Gasteiger partial charge is 0.392 e. The third-order valence-electron chi connectivity index (χ3n) is 4.44. The molecule has 0 bridgehead atoms. The van der Waals surface area contributed by atoms with E-state index in [4.69, 9.17) is 0 Å². The number of hydrogen-bond donors (Lipinski definition) is 1. The van der Waals surface area contributed by atoms with Gasteiger partial charge in [0.15, 0.2) is 0 Å². The molecule has 1 aliphatic rings. The Kier molecular flexibility index (Phi) is 9.32. The van der Waals surface area contributed by atoms with E-state index in [0.717, 1.165) is 12.8 Å². The predicted molar refractivity (Wildman–Crippen MR) is 89.2 cm³/mol. The number of allylic oxidation sites excluding steroid dienone is 3. The summed E-state index contributed by atoms with van der Waals surface area (Å²) in [5, 5.41) is 10.0. The second kappa shape index (κ2) is 10.8. The molecular formula is C19H32O2. The second-order valence-corrected chi connectivity index (χ2v) is 6.21. The first-order valence-electron chi connectivity index (χ1n) is 8.69. The van der Waals surface area contributed by atoms with Crippen molar-refractivity contribution in [2.75, 3.05) is 0 Å². The van der Waals surface area contributed by atoms with E-state index in [0.29, 0.717) is 6.42 Å². The minimum Gasteiger partial charge on any atom is -0.392 e. The van der Waals surface area contributed by atoms with E-state index in [1.54, 1.807) is 0 Å². The van der Waals surface area contributed by atoms with Gasteiger partial charge < -0.3 is 5.11 Å². The van der Waals surface area contributed by atoms with Crippen LogP contribution in [0.1, 0.15) is 71.6 Å². The highest BCUT2D eigenvalue weighted by molar-refractivity contribution is 5.84. The van der Waals surface area contributed by atoms with Crippen LogP contribution in [0.15, 0.2) is 24.3 Å². The van der Waals surface area contributed by atoms with Gasteiger partial charge in [-0.3, -0.25) is 4.79 Å². The Labute approximate surface area is 130 Å². The lowest BCUT2D eigenvalue weighted by molar-refractivity contribution is -0.121. The van der Waals surface area contributed by atoms with Crippen LogP contribution in [-0.2, 0) is 4.79 Å². The first-order valence-corrected chi connectivity index (χ1v) is 8.69. The minimum atomic E-state index is -0.478. The summed E-state index contributed by atoms with van der Waals surface area (Å²) >= 11 is 0. The molecule has 2 heteroatoms. The predicted octanol–water partition coefficient (Wildman–Crippen LogP) is 4.83. The summed E-state index contributed by atoms with van der Waals surface area (Å²) in [6, 6.07) is 0. The Bertz CT molecular complexity index is 343. The fraction of sp³-hybridized carbons (Fsp3) is 0.737. The highest BCUT2D eigenvalue weighted by atomic mass is 16.3.